The fourth-order valence-corrected chi connectivity index (χ4v) is 4.63. The molecule has 0 amide bonds. The number of furan rings is 1. The van der Waals surface area contributed by atoms with Gasteiger partial charge in [-0.05, 0) is 51.5 Å². The second-order valence-electron chi connectivity index (χ2n) is 7.88. The molecule has 3 heterocycles. The molecule has 0 saturated heterocycles. The summed E-state index contributed by atoms with van der Waals surface area (Å²) in [6.07, 6.45) is 3.47. The molecule has 1 N–H and O–H groups in total. The van der Waals surface area contributed by atoms with E-state index in [1.807, 2.05) is 0 Å². The van der Waals surface area contributed by atoms with Crippen LogP contribution in [0.4, 0.5) is 0 Å². The predicted molar refractivity (Wildman–Crippen MR) is 118 cm³/mol. The summed E-state index contributed by atoms with van der Waals surface area (Å²) in [5.74, 6) is -3.40. The molecule has 0 unspecified atom stereocenters. The molecular weight excluding hydrogens is 424 g/mol. The first-order valence-electron chi connectivity index (χ1n) is 11.0. The van der Waals surface area contributed by atoms with Crippen molar-refractivity contribution in [3.63, 3.8) is 0 Å². The zero-order valence-electron chi connectivity index (χ0n) is 18.8. The van der Waals surface area contributed by atoms with Crippen molar-refractivity contribution in [1.29, 1.82) is 0 Å². The molecule has 8 nitrogen and oxygen atoms in total. The van der Waals surface area contributed by atoms with Crippen LogP contribution in [0, 0.1) is 5.92 Å². The molecular formula is C25H26N2O6. The molecule has 0 spiro atoms. The Morgan fingerprint density at radius 3 is 2.58 bits per heavy atom. The molecule has 2 aliphatic rings. The number of rotatable bonds is 6. The van der Waals surface area contributed by atoms with Gasteiger partial charge in [0.15, 0.2) is 5.78 Å². The highest BCUT2D eigenvalue weighted by atomic mass is 16.5. The van der Waals surface area contributed by atoms with Crippen LogP contribution >= 0.6 is 0 Å². The highest BCUT2D eigenvalue weighted by molar-refractivity contribution is 6.13. The van der Waals surface area contributed by atoms with E-state index in [4.69, 9.17) is 13.9 Å². The predicted octanol–water partition coefficient (Wildman–Crippen LogP) is 3.39. The van der Waals surface area contributed by atoms with Gasteiger partial charge in [-0.1, -0.05) is 6.07 Å². The summed E-state index contributed by atoms with van der Waals surface area (Å²) < 4.78 is 16.2. The number of pyridine rings is 1. The third kappa shape index (κ3) is 4.08. The minimum absolute atomic E-state index is 0.147. The summed E-state index contributed by atoms with van der Waals surface area (Å²) in [4.78, 5) is 44.3. The molecule has 0 radical (unpaired) electrons. The highest BCUT2D eigenvalue weighted by Crippen LogP contribution is 2.47. The molecule has 3 atom stereocenters. The van der Waals surface area contributed by atoms with Gasteiger partial charge < -0.3 is 19.2 Å². The number of nitrogens with zero attached hydrogens (tertiary/aromatic N) is 1. The van der Waals surface area contributed by atoms with Crippen LogP contribution < -0.4 is 5.32 Å². The molecule has 2 aromatic heterocycles. The van der Waals surface area contributed by atoms with E-state index in [-0.39, 0.29) is 13.2 Å². The lowest BCUT2D eigenvalue weighted by atomic mass is 9.69. The Balaban J connectivity index is 1.87. The maximum atomic E-state index is 14.0. The third-order valence-corrected chi connectivity index (χ3v) is 5.95. The topological polar surface area (TPSA) is 108 Å². The Hall–Kier alpha value is -3.68. The third-order valence-electron chi connectivity index (χ3n) is 5.95. The maximum Gasteiger partial charge on any atom is 0.336 e. The van der Waals surface area contributed by atoms with Crippen LogP contribution in [0.15, 0.2) is 69.7 Å². The van der Waals surface area contributed by atoms with Crippen molar-refractivity contribution in [2.75, 3.05) is 13.2 Å². The van der Waals surface area contributed by atoms with E-state index in [1.54, 1.807) is 57.3 Å². The molecule has 8 heteroatoms. The Morgan fingerprint density at radius 2 is 1.94 bits per heavy atom. The van der Waals surface area contributed by atoms with Gasteiger partial charge in [-0.2, -0.15) is 0 Å². The Kier molecular flexibility index (Phi) is 6.44. The molecule has 1 aliphatic carbocycles. The Morgan fingerprint density at radius 1 is 1.15 bits per heavy atom. The number of dihydropyridines is 1. The fourth-order valence-electron chi connectivity index (χ4n) is 4.63. The number of carbonyl (C=O) groups is 3. The van der Waals surface area contributed by atoms with E-state index in [0.717, 1.165) is 0 Å². The first-order valence-corrected chi connectivity index (χ1v) is 11.0. The van der Waals surface area contributed by atoms with Crippen LogP contribution in [0.1, 0.15) is 50.5 Å². The van der Waals surface area contributed by atoms with Crippen LogP contribution in [0.5, 0.6) is 0 Å². The summed E-state index contributed by atoms with van der Waals surface area (Å²) in [6.45, 7) is 5.53. The number of allylic oxidation sites excluding steroid dienone is 3. The highest BCUT2D eigenvalue weighted by Gasteiger charge is 2.50. The van der Waals surface area contributed by atoms with Crippen molar-refractivity contribution >= 4 is 17.7 Å². The fraction of sp³-hybridized carbons (Fsp3) is 0.360. The Labute approximate surface area is 191 Å². The standard InChI is InChI=1S/C25H26N2O6/c1-4-31-24(29)19-14(3)27-17-13-15(18-10-8-12-33-18)20(25(30)32-5-2)23(28)22(17)21(19)16-9-6-7-11-26-16/h6-12,15,20-21,27H,4-5,13H2,1-3H3/t15-,20+,21-/m0/s1. The van der Waals surface area contributed by atoms with Crippen molar-refractivity contribution < 1.29 is 28.3 Å². The van der Waals surface area contributed by atoms with Gasteiger partial charge in [0, 0.05) is 29.1 Å². The van der Waals surface area contributed by atoms with Crippen molar-refractivity contribution in [3.05, 3.63) is 76.8 Å². The number of ketones is 1. The molecule has 0 saturated carbocycles. The monoisotopic (exact) mass is 450 g/mol. The second kappa shape index (κ2) is 9.44. The summed E-state index contributed by atoms with van der Waals surface area (Å²) in [5.41, 5.74) is 2.40. The number of carbonyl (C=O) groups excluding carboxylic acids is 3. The molecule has 2 aromatic rings. The average Bonchev–Trinajstić information content (AvgIpc) is 3.33. The summed E-state index contributed by atoms with van der Waals surface area (Å²) in [5, 5.41) is 3.24. The molecule has 0 aromatic carbocycles. The summed E-state index contributed by atoms with van der Waals surface area (Å²) >= 11 is 0. The van der Waals surface area contributed by atoms with E-state index in [9.17, 15) is 14.4 Å². The van der Waals surface area contributed by atoms with E-state index in [1.165, 1.54) is 6.26 Å². The normalized spacial score (nSPS) is 22.5. The van der Waals surface area contributed by atoms with Crippen molar-refractivity contribution in [1.82, 2.24) is 10.3 Å². The van der Waals surface area contributed by atoms with Gasteiger partial charge in [0.2, 0.25) is 0 Å². The minimum Gasteiger partial charge on any atom is -0.469 e. The first-order chi connectivity index (χ1) is 16.0. The number of aromatic nitrogens is 1. The molecule has 4 rings (SSSR count). The number of Topliss-reactive ketones (excluding diaryl/α,β-unsaturated/α-hetero) is 1. The number of hydrogen-bond donors (Lipinski definition) is 1. The smallest absolute Gasteiger partial charge is 0.336 e. The van der Waals surface area contributed by atoms with E-state index in [0.29, 0.717) is 40.4 Å². The zero-order valence-corrected chi connectivity index (χ0v) is 18.8. The van der Waals surface area contributed by atoms with Gasteiger partial charge in [0.1, 0.15) is 11.7 Å². The van der Waals surface area contributed by atoms with Crippen LogP contribution in [-0.2, 0) is 23.9 Å². The van der Waals surface area contributed by atoms with E-state index >= 15 is 0 Å². The average molecular weight is 450 g/mol. The number of hydrogen-bond acceptors (Lipinski definition) is 8. The van der Waals surface area contributed by atoms with Crippen molar-refractivity contribution in [2.45, 2.75) is 39.0 Å². The van der Waals surface area contributed by atoms with Gasteiger partial charge in [0.05, 0.1) is 36.7 Å². The van der Waals surface area contributed by atoms with Crippen LogP contribution in [0.3, 0.4) is 0 Å². The van der Waals surface area contributed by atoms with Crippen LogP contribution in [0.25, 0.3) is 0 Å². The van der Waals surface area contributed by atoms with Gasteiger partial charge in [-0.25, -0.2) is 4.79 Å². The lowest BCUT2D eigenvalue weighted by molar-refractivity contribution is -0.152. The largest absolute Gasteiger partial charge is 0.469 e. The number of esters is 2. The van der Waals surface area contributed by atoms with Gasteiger partial charge in [-0.15, -0.1) is 0 Å². The Bertz CT molecular complexity index is 1120. The van der Waals surface area contributed by atoms with Crippen LogP contribution in [-0.4, -0.2) is 35.9 Å². The molecule has 0 bridgehead atoms. The lowest BCUT2D eigenvalue weighted by Gasteiger charge is -2.38. The quantitative estimate of drug-likeness (QED) is 0.527. The maximum absolute atomic E-state index is 14.0. The number of ether oxygens (including phenoxy) is 2. The first kappa shape index (κ1) is 22.5. The number of nitrogens with one attached hydrogen (secondary N) is 1. The van der Waals surface area contributed by atoms with Gasteiger partial charge in [0.25, 0.3) is 0 Å². The SMILES string of the molecule is CCOC(=O)C1=C(C)NC2=C(C(=O)[C@H](C(=O)OCC)[C@H](c3ccco3)C2)[C@H]1c1ccccn1. The van der Waals surface area contributed by atoms with E-state index in [2.05, 4.69) is 10.3 Å². The molecule has 172 valence electrons. The van der Waals surface area contributed by atoms with Crippen molar-refractivity contribution in [3.8, 4) is 0 Å². The van der Waals surface area contributed by atoms with Crippen molar-refractivity contribution in [2.24, 2.45) is 5.92 Å². The van der Waals surface area contributed by atoms with E-state index < -0.39 is 35.5 Å². The zero-order chi connectivity index (χ0) is 23.5. The minimum atomic E-state index is -1.09. The summed E-state index contributed by atoms with van der Waals surface area (Å²) in [7, 11) is 0. The lowest BCUT2D eigenvalue weighted by Crippen LogP contribution is -2.43. The van der Waals surface area contributed by atoms with Gasteiger partial charge >= 0.3 is 11.9 Å². The molecule has 1 aliphatic heterocycles. The van der Waals surface area contributed by atoms with Crippen LogP contribution in [0.2, 0.25) is 0 Å². The molecule has 0 fully saturated rings. The van der Waals surface area contributed by atoms with Gasteiger partial charge in [-0.3, -0.25) is 14.6 Å². The molecule has 33 heavy (non-hydrogen) atoms. The summed E-state index contributed by atoms with van der Waals surface area (Å²) in [6, 6.07) is 8.79. The second-order valence-corrected chi connectivity index (χ2v) is 7.88.